The Balaban J connectivity index is 2.24. The maximum atomic E-state index is 14.8. The molecule has 2 aromatic rings. The summed E-state index contributed by atoms with van der Waals surface area (Å²) in [7, 11) is 1.31. The lowest BCUT2D eigenvalue weighted by Gasteiger charge is -2.26. The van der Waals surface area contributed by atoms with Crippen molar-refractivity contribution in [3.63, 3.8) is 0 Å². The van der Waals surface area contributed by atoms with Crippen LogP contribution in [0.1, 0.15) is 71.3 Å². The van der Waals surface area contributed by atoms with Gasteiger partial charge in [0.1, 0.15) is 17.3 Å². The van der Waals surface area contributed by atoms with Crippen LogP contribution in [0.5, 0.6) is 5.75 Å². The van der Waals surface area contributed by atoms with Crippen molar-refractivity contribution in [2.24, 2.45) is 16.1 Å². The van der Waals surface area contributed by atoms with Gasteiger partial charge in [0.2, 0.25) is 0 Å². The number of aryl methyl sites for hydroxylation is 2. The van der Waals surface area contributed by atoms with Gasteiger partial charge < -0.3 is 4.74 Å². The molecule has 6 nitrogen and oxygen atoms in total. The fourth-order valence-electron chi connectivity index (χ4n) is 4.38. The molecule has 0 fully saturated rings. The second-order valence-electron chi connectivity index (χ2n) is 8.88. The Bertz CT molecular complexity index is 1230. The molecule has 2 atom stereocenters. The van der Waals surface area contributed by atoms with Crippen molar-refractivity contribution >= 4 is 28.7 Å². The van der Waals surface area contributed by atoms with Crippen molar-refractivity contribution in [3.05, 3.63) is 75.0 Å². The lowest BCUT2D eigenvalue weighted by molar-refractivity contribution is -0.0371. The van der Waals surface area contributed by atoms with Crippen molar-refractivity contribution in [2.45, 2.75) is 53.4 Å². The van der Waals surface area contributed by atoms with Gasteiger partial charge in [0, 0.05) is 24.2 Å². The summed E-state index contributed by atoms with van der Waals surface area (Å²) < 4.78 is 21.0. The van der Waals surface area contributed by atoms with Crippen LogP contribution in [0.3, 0.4) is 0 Å². The van der Waals surface area contributed by atoms with Crippen LogP contribution < -0.4 is 4.74 Å². The summed E-state index contributed by atoms with van der Waals surface area (Å²) in [6, 6.07) is 4.88. The van der Waals surface area contributed by atoms with E-state index in [9.17, 15) is 14.4 Å². The van der Waals surface area contributed by atoms with Crippen LogP contribution in [0.4, 0.5) is 4.39 Å². The van der Waals surface area contributed by atoms with Gasteiger partial charge in [-0.2, -0.15) is 10.2 Å². The quantitative estimate of drug-likeness (QED) is 0.201. The average Bonchev–Trinajstić information content (AvgIpc) is 3.15. The number of halogens is 1. The predicted molar refractivity (Wildman–Crippen MR) is 139 cm³/mol. The smallest absolute Gasteiger partial charge is 0.287 e. The van der Waals surface area contributed by atoms with Gasteiger partial charge >= 0.3 is 0 Å². The van der Waals surface area contributed by atoms with E-state index in [1.807, 2.05) is 33.8 Å². The maximum absolute atomic E-state index is 14.8. The Hall–Kier alpha value is -3.10. The minimum atomic E-state index is -0.479. The molecular formula is C27H32FN3O3S. The highest BCUT2D eigenvalue weighted by Crippen LogP contribution is 2.42. The molecule has 1 aromatic carbocycles. The van der Waals surface area contributed by atoms with Gasteiger partial charge in [0.15, 0.2) is 0 Å². The molecular weight excluding hydrogens is 465 g/mol. The number of benzene rings is 1. The van der Waals surface area contributed by atoms with E-state index in [0.29, 0.717) is 51.1 Å². The van der Waals surface area contributed by atoms with E-state index in [4.69, 9.17) is 4.74 Å². The first-order valence-electron chi connectivity index (χ1n) is 11.6. The topological polar surface area (TPSA) is 74.5 Å². The molecule has 8 heteroatoms. The summed E-state index contributed by atoms with van der Waals surface area (Å²) >= 11 is 1.26. The number of carbonyl (C=O) groups is 1. The number of ether oxygens (including phenoxy) is 1. The Morgan fingerprint density at radius 3 is 2.69 bits per heavy atom. The highest BCUT2D eigenvalue weighted by atomic mass is 32.1. The molecule has 1 aromatic heterocycles. The van der Waals surface area contributed by atoms with E-state index >= 15 is 0 Å². The SMILES string of the molecule is C=C/C=C(\C)Oc1c(C)cc(F)cc1C1C(c2cc(CC)c(C(=O)N(C)O)s2)=NN=C(C)CC1C. The molecule has 186 valence electrons. The molecule has 1 amide bonds. The maximum Gasteiger partial charge on any atom is 0.287 e. The number of hydroxylamine groups is 2. The number of allylic oxidation sites excluding steroid dienone is 3. The Labute approximate surface area is 210 Å². The molecule has 2 unspecified atom stereocenters. The molecule has 2 heterocycles. The summed E-state index contributed by atoms with van der Waals surface area (Å²) in [5, 5.41) is 19.4. The van der Waals surface area contributed by atoms with Crippen LogP contribution in [0.15, 0.2) is 52.9 Å². The van der Waals surface area contributed by atoms with Gasteiger partial charge in [-0.05, 0) is 74.9 Å². The van der Waals surface area contributed by atoms with Gasteiger partial charge in [0.25, 0.3) is 5.91 Å². The Morgan fingerprint density at radius 2 is 2.06 bits per heavy atom. The van der Waals surface area contributed by atoms with E-state index in [0.717, 1.165) is 16.2 Å². The summed E-state index contributed by atoms with van der Waals surface area (Å²) in [4.78, 5) is 13.8. The summed E-state index contributed by atoms with van der Waals surface area (Å²) in [5.74, 6) is 0.0554. The van der Waals surface area contributed by atoms with Crippen LogP contribution in [-0.2, 0) is 6.42 Å². The Morgan fingerprint density at radius 1 is 1.34 bits per heavy atom. The third kappa shape index (κ3) is 5.77. The monoisotopic (exact) mass is 497 g/mol. The molecule has 1 aliphatic heterocycles. The van der Waals surface area contributed by atoms with Gasteiger partial charge in [-0.1, -0.05) is 26.5 Å². The average molecular weight is 498 g/mol. The Kier molecular flexibility index (Phi) is 8.40. The van der Waals surface area contributed by atoms with E-state index < -0.39 is 5.91 Å². The van der Waals surface area contributed by atoms with Crippen molar-refractivity contribution < 1.29 is 19.1 Å². The molecule has 0 saturated heterocycles. The van der Waals surface area contributed by atoms with Gasteiger partial charge in [-0.15, -0.1) is 11.3 Å². The minimum absolute atomic E-state index is 0.0269. The van der Waals surface area contributed by atoms with Crippen molar-refractivity contribution in [1.29, 1.82) is 0 Å². The lowest BCUT2D eigenvalue weighted by atomic mass is 9.79. The van der Waals surface area contributed by atoms with Crippen LogP contribution in [-0.4, -0.2) is 34.6 Å². The van der Waals surface area contributed by atoms with Gasteiger partial charge in [0.05, 0.1) is 15.5 Å². The minimum Gasteiger partial charge on any atom is -0.461 e. The lowest BCUT2D eigenvalue weighted by Crippen LogP contribution is -2.22. The highest BCUT2D eigenvalue weighted by Gasteiger charge is 2.34. The zero-order valence-electron chi connectivity index (χ0n) is 21.1. The van der Waals surface area contributed by atoms with Gasteiger partial charge in [-0.3, -0.25) is 10.0 Å². The number of rotatable bonds is 7. The largest absolute Gasteiger partial charge is 0.461 e. The van der Waals surface area contributed by atoms with Crippen LogP contribution in [0, 0.1) is 18.7 Å². The summed E-state index contributed by atoms with van der Waals surface area (Å²) in [5.41, 5.74) is 3.67. The number of carbonyl (C=O) groups excluding carboxylic acids is 1. The predicted octanol–water partition coefficient (Wildman–Crippen LogP) is 6.68. The first-order valence-corrected chi connectivity index (χ1v) is 12.4. The molecule has 0 radical (unpaired) electrons. The molecule has 0 spiro atoms. The van der Waals surface area contributed by atoms with Crippen LogP contribution in [0.2, 0.25) is 0 Å². The van der Waals surface area contributed by atoms with Crippen LogP contribution >= 0.6 is 11.3 Å². The fraction of sp³-hybridized carbons (Fsp3) is 0.370. The molecule has 0 aliphatic carbocycles. The number of thiophene rings is 1. The first-order chi connectivity index (χ1) is 16.6. The molecule has 0 bridgehead atoms. The fourth-order valence-corrected chi connectivity index (χ4v) is 5.63. The van der Waals surface area contributed by atoms with Crippen LogP contribution in [0.25, 0.3) is 0 Å². The van der Waals surface area contributed by atoms with E-state index in [1.54, 1.807) is 12.2 Å². The standard InChI is InChI=1S/C27H32FN3O3S/c1-8-10-18(6)34-25-16(4)12-20(28)14-21(25)23-15(3)11-17(5)29-30-24(23)22-13-19(9-2)26(35-22)27(32)31(7)33/h8,10,12-15,23,33H,1,9,11H2,2-7H3/b18-10+. The molecule has 1 aliphatic rings. The third-order valence-electron chi connectivity index (χ3n) is 5.96. The van der Waals surface area contributed by atoms with Crippen molar-refractivity contribution in [1.82, 2.24) is 5.06 Å². The first kappa shape index (κ1) is 26.5. The third-order valence-corrected chi connectivity index (χ3v) is 7.15. The van der Waals surface area contributed by atoms with E-state index in [-0.39, 0.29) is 17.7 Å². The van der Waals surface area contributed by atoms with Crippen molar-refractivity contribution in [2.75, 3.05) is 7.05 Å². The number of hydrogen-bond acceptors (Lipinski definition) is 6. The van der Waals surface area contributed by atoms with E-state index in [1.165, 1.54) is 30.5 Å². The normalized spacial score (nSPS) is 18.5. The zero-order valence-corrected chi connectivity index (χ0v) is 21.9. The molecule has 35 heavy (non-hydrogen) atoms. The number of hydrogen-bond donors (Lipinski definition) is 1. The van der Waals surface area contributed by atoms with Crippen molar-refractivity contribution in [3.8, 4) is 5.75 Å². The van der Waals surface area contributed by atoms with E-state index in [2.05, 4.69) is 23.7 Å². The number of nitrogens with zero attached hydrogens (tertiary/aromatic N) is 3. The highest BCUT2D eigenvalue weighted by molar-refractivity contribution is 7.16. The second-order valence-corrected chi connectivity index (χ2v) is 9.94. The van der Waals surface area contributed by atoms with Gasteiger partial charge in [-0.25, -0.2) is 9.45 Å². The molecule has 3 rings (SSSR count). The molecule has 1 N–H and O–H groups in total. The summed E-state index contributed by atoms with van der Waals surface area (Å²) in [6.45, 7) is 13.3. The number of amides is 1. The molecule has 0 saturated carbocycles. The zero-order chi connectivity index (χ0) is 25.9. The second kappa shape index (κ2) is 11.1. The summed E-state index contributed by atoms with van der Waals surface area (Å²) in [6.07, 6.45) is 4.67.